The summed E-state index contributed by atoms with van der Waals surface area (Å²) in [5, 5.41) is 8.61. The van der Waals surface area contributed by atoms with E-state index in [4.69, 9.17) is 5.26 Å². The van der Waals surface area contributed by atoms with Crippen LogP contribution in [0.2, 0.25) is 0 Å². The van der Waals surface area contributed by atoms with Crippen molar-refractivity contribution in [3.05, 3.63) is 47.6 Å². The quantitative estimate of drug-likeness (QED) is 0.586. The van der Waals surface area contributed by atoms with Gasteiger partial charge in [0.05, 0.1) is 24.3 Å². The van der Waals surface area contributed by atoms with E-state index in [-0.39, 0.29) is 5.97 Å². The van der Waals surface area contributed by atoms with Crippen LogP contribution in [-0.4, -0.2) is 13.1 Å². The Morgan fingerprint density at radius 1 is 1.36 bits per heavy atom. The van der Waals surface area contributed by atoms with Crippen LogP contribution in [0.25, 0.3) is 0 Å². The van der Waals surface area contributed by atoms with Crippen LogP contribution in [0.5, 0.6) is 0 Å². The van der Waals surface area contributed by atoms with Crippen molar-refractivity contribution in [2.75, 3.05) is 7.11 Å². The maximum absolute atomic E-state index is 11.1. The van der Waals surface area contributed by atoms with Crippen LogP contribution >= 0.6 is 0 Å². The van der Waals surface area contributed by atoms with Crippen LogP contribution in [0.3, 0.4) is 0 Å². The van der Waals surface area contributed by atoms with E-state index < -0.39 is 0 Å². The highest BCUT2D eigenvalue weighted by Gasteiger charge is 2.04. The van der Waals surface area contributed by atoms with Crippen LogP contribution < -0.4 is 0 Å². The lowest BCUT2D eigenvalue weighted by Gasteiger charge is -1.98. The predicted octanol–water partition coefficient (Wildman–Crippen LogP) is 1.66. The molecule has 70 valence electrons. The zero-order valence-electron chi connectivity index (χ0n) is 7.73. The first-order valence-electron chi connectivity index (χ1n) is 4.03. The normalized spacial score (nSPS) is 26.6. The fourth-order valence-electron chi connectivity index (χ4n) is 0.950. The third-order valence-corrected chi connectivity index (χ3v) is 1.65. The lowest BCUT2D eigenvalue weighted by Crippen LogP contribution is -2.02. The van der Waals surface area contributed by atoms with Crippen LogP contribution in [-0.2, 0) is 9.53 Å². The smallest absolute Gasteiger partial charge is 0.337 e. The van der Waals surface area contributed by atoms with Gasteiger partial charge in [-0.15, -0.1) is 0 Å². The first kappa shape index (κ1) is 10.0. The molecular formula is C11H9NO2. The van der Waals surface area contributed by atoms with Crippen LogP contribution in [0, 0.1) is 11.3 Å². The molecule has 0 unspecified atom stereocenters. The van der Waals surface area contributed by atoms with Gasteiger partial charge in [-0.2, -0.15) is 5.26 Å². The van der Waals surface area contributed by atoms with E-state index in [0.29, 0.717) is 11.1 Å². The van der Waals surface area contributed by atoms with E-state index in [2.05, 4.69) is 4.74 Å². The molecule has 1 aliphatic rings. The van der Waals surface area contributed by atoms with Gasteiger partial charge in [-0.3, -0.25) is 0 Å². The van der Waals surface area contributed by atoms with Gasteiger partial charge in [0.1, 0.15) is 0 Å². The number of carbonyl (C=O) groups is 1. The number of nitrogens with zero attached hydrogens (tertiary/aromatic N) is 1. The minimum atomic E-state index is -0.389. The minimum absolute atomic E-state index is 0.389. The third-order valence-electron chi connectivity index (χ3n) is 1.65. The second kappa shape index (κ2) is 4.83. The number of allylic oxidation sites excluding steroid dienone is 6. The monoisotopic (exact) mass is 187 g/mol. The zero-order valence-corrected chi connectivity index (χ0v) is 7.73. The standard InChI is InChI=1S/C11H9NO2/c1-14-11(13)10-6-2-4-9(8-12)5-3-7-10/h2-7H,1H3/b4-2-,5-3?,6-2?,7-3-,9-4?,9-5+,10-6+,10-7?. The van der Waals surface area contributed by atoms with Crippen LogP contribution in [0.15, 0.2) is 47.6 Å². The molecule has 0 atom stereocenters. The molecule has 1 aliphatic carbocycles. The Morgan fingerprint density at radius 3 is 2.71 bits per heavy atom. The molecule has 0 aromatic heterocycles. The summed E-state index contributed by atoms with van der Waals surface area (Å²) in [4.78, 5) is 11.1. The fraction of sp³-hybridized carbons (Fsp3) is 0.0909. The summed E-state index contributed by atoms with van der Waals surface area (Å²) in [6.07, 6.45) is 9.76. The lowest BCUT2D eigenvalue weighted by atomic mass is 10.1. The van der Waals surface area contributed by atoms with Gasteiger partial charge in [0.25, 0.3) is 0 Å². The second-order valence-corrected chi connectivity index (χ2v) is 2.57. The SMILES string of the molecule is COC(=O)C1=C/C=C\C(C#N)=C/C=C\1. The second-order valence-electron chi connectivity index (χ2n) is 2.57. The van der Waals surface area contributed by atoms with Gasteiger partial charge in [-0.05, 0) is 24.3 Å². The number of nitriles is 1. The van der Waals surface area contributed by atoms with Gasteiger partial charge in [0.2, 0.25) is 0 Å². The Kier molecular flexibility index (Phi) is 3.45. The number of rotatable bonds is 1. The minimum Gasteiger partial charge on any atom is -0.465 e. The highest BCUT2D eigenvalue weighted by atomic mass is 16.5. The summed E-state index contributed by atoms with van der Waals surface area (Å²) in [7, 11) is 1.33. The van der Waals surface area contributed by atoms with Crippen molar-refractivity contribution in [3.63, 3.8) is 0 Å². The van der Waals surface area contributed by atoms with E-state index in [1.54, 1.807) is 36.5 Å². The van der Waals surface area contributed by atoms with Crippen molar-refractivity contribution < 1.29 is 9.53 Å². The molecule has 1 rings (SSSR count). The lowest BCUT2D eigenvalue weighted by molar-refractivity contribution is -0.135. The van der Waals surface area contributed by atoms with Gasteiger partial charge in [-0.1, -0.05) is 12.2 Å². The summed E-state index contributed by atoms with van der Waals surface area (Å²) in [5.41, 5.74) is 0.999. The number of ether oxygens (including phenoxy) is 1. The Balaban J connectivity index is 2.90. The highest BCUT2D eigenvalue weighted by Crippen LogP contribution is 2.06. The Bertz CT molecular complexity index is 392. The Hall–Kier alpha value is -2.08. The number of methoxy groups -OCH3 is 1. The molecule has 0 spiro atoms. The van der Waals surface area contributed by atoms with E-state index in [1.165, 1.54) is 7.11 Å². The predicted molar refractivity (Wildman–Crippen MR) is 52.1 cm³/mol. The number of esters is 1. The summed E-state index contributed by atoms with van der Waals surface area (Å²) >= 11 is 0. The fourth-order valence-corrected chi connectivity index (χ4v) is 0.950. The zero-order chi connectivity index (χ0) is 10.4. The van der Waals surface area contributed by atoms with Gasteiger partial charge >= 0.3 is 5.97 Å². The molecular weight excluding hydrogens is 178 g/mol. The van der Waals surface area contributed by atoms with E-state index in [0.717, 1.165) is 0 Å². The van der Waals surface area contributed by atoms with Crippen molar-refractivity contribution in [2.24, 2.45) is 0 Å². The maximum atomic E-state index is 11.1. The molecule has 0 aromatic rings. The summed E-state index contributed by atoms with van der Waals surface area (Å²) in [6, 6.07) is 2.01. The number of hydrogen-bond donors (Lipinski definition) is 0. The molecule has 0 amide bonds. The molecule has 14 heavy (non-hydrogen) atoms. The number of carbonyl (C=O) groups excluding carboxylic acids is 1. The summed E-state index contributed by atoms with van der Waals surface area (Å²) in [6.45, 7) is 0. The molecule has 3 heteroatoms. The third kappa shape index (κ3) is 2.46. The van der Waals surface area contributed by atoms with E-state index in [9.17, 15) is 4.79 Å². The summed E-state index contributed by atoms with van der Waals surface area (Å²) < 4.78 is 4.56. The van der Waals surface area contributed by atoms with Gasteiger partial charge in [-0.25, -0.2) is 4.79 Å². The van der Waals surface area contributed by atoms with E-state index >= 15 is 0 Å². The molecule has 0 heterocycles. The molecule has 3 nitrogen and oxygen atoms in total. The summed E-state index contributed by atoms with van der Waals surface area (Å²) in [5.74, 6) is -0.389. The molecule has 0 saturated heterocycles. The molecule has 0 aromatic carbocycles. The molecule has 0 aliphatic heterocycles. The Morgan fingerprint density at radius 2 is 2.07 bits per heavy atom. The first-order chi connectivity index (χ1) is 6.77. The van der Waals surface area contributed by atoms with Crippen LogP contribution in [0.4, 0.5) is 0 Å². The average molecular weight is 187 g/mol. The average Bonchev–Trinajstić information content (AvgIpc) is 2.17. The molecule has 0 radical (unpaired) electrons. The van der Waals surface area contributed by atoms with E-state index in [1.807, 2.05) is 6.07 Å². The van der Waals surface area contributed by atoms with Crippen LogP contribution in [0.1, 0.15) is 0 Å². The van der Waals surface area contributed by atoms with Crippen molar-refractivity contribution in [3.8, 4) is 6.07 Å². The highest BCUT2D eigenvalue weighted by molar-refractivity contribution is 5.92. The van der Waals surface area contributed by atoms with Crippen molar-refractivity contribution >= 4 is 5.97 Å². The number of hydrogen-bond acceptors (Lipinski definition) is 3. The van der Waals surface area contributed by atoms with Gasteiger partial charge in [0.15, 0.2) is 0 Å². The maximum Gasteiger partial charge on any atom is 0.337 e. The van der Waals surface area contributed by atoms with Crippen molar-refractivity contribution in [1.29, 1.82) is 5.26 Å². The van der Waals surface area contributed by atoms with Crippen molar-refractivity contribution in [1.82, 2.24) is 0 Å². The van der Waals surface area contributed by atoms with Gasteiger partial charge < -0.3 is 4.74 Å². The Labute approximate surface area is 82.3 Å². The molecule has 0 N–H and O–H groups in total. The van der Waals surface area contributed by atoms with Crippen molar-refractivity contribution in [2.45, 2.75) is 0 Å². The molecule has 0 fully saturated rings. The van der Waals surface area contributed by atoms with Gasteiger partial charge in [0, 0.05) is 0 Å². The molecule has 0 bridgehead atoms. The molecule has 0 saturated carbocycles. The largest absolute Gasteiger partial charge is 0.465 e. The topological polar surface area (TPSA) is 50.1 Å². The first-order valence-corrected chi connectivity index (χ1v) is 4.03.